The minimum absolute atomic E-state index is 0.419. The van der Waals surface area contributed by atoms with E-state index in [1.807, 2.05) is 0 Å². The van der Waals surface area contributed by atoms with Gasteiger partial charge in [0.1, 0.15) is 5.75 Å². The second-order valence-electron chi connectivity index (χ2n) is 5.70. The summed E-state index contributed by atoms with van der Waals surface area (Å²) in [6.07, 6.45) is 4.69. The maximum absolute atomic E-state index is 5.85. The lowest BCUT2D eigenvalue weighted by Crippen LogP contribution is -2.24. The molecule has 1 fully saturated rings. The van der Waals surface area contributed by atoms with Crippen LogP contribution in [0.25, 0.3) is 0 Å². The Kier molecular flexibility index (Phi) is 4.97. The van der Waals surface area contributed by atoms with E-state index in [9.17, 15) is 0 Å². The molecule has 1 saturated heterocycles. The van der Waals surface area contributed by atoms with Crippen LogP contribution in [0, 0.1) is 5.92 Å². The van der Waals surface area contributed by atoms with Gasteiger partial charge in [0, 0.05) is 29.3 Å². The lowest BCUT2D eigenvalue weighted by molar-refractivity contribution is 0.184. The first-order chi connectivity index (χ1) is 9.83. The van der Waals surface area contributed by atoms with Crippen LogP contribution >= 0.6 is 15.9 Å². The Bertz CT molecular complexity index is 446. The molecule has 2 aliphatic heterocycles. The molecule has 20 heavy (non-hydrogen) atoms. The van der Waals surface area contributed by atoms with Gasteiger partial charge in [0.05, 0.1) is 6.61 Å². The van der Waals surface area contributed by atoms with Crippen molar-refractivity contribution in [2.75, 3.05) is 26.4 Å². The molecule has 2 unspecified atom stereocenters. The average molecular weight is 340 g/mol. The minimum Gasteiger partial charge on any atom is -0.493 e. The molecule has 2 atom stereocenters. The monoisotopic (exact) mass is 339 g/mol. The first-order valence-corrected chi connectivity index (χ1v) is 8.35. The van der Waals surface area contributed by atoms with Crippen LogP contribution in [0.1, 0.15) is 37.3 Å². The van der Waals surface area contributed by atoms with Crippen molar-refractivity contribution in [3.8, 4) is 5.75 Å². The molecule has 0 aliphatic carbocycles. The Hall–Kier alpha value is -0.580. The normalized spacial score (nSPS) is 25.9. The molecular formula is C16H22BrNO2. The fourth-order valence-corrected chi connectivity index (χ4v) is 3.37. The SMILES string of the molecule is Brc1ccc2c(c1)OCCCC2NCCC1CCOC1. The van der Waals surface area contributed by atoms with E-state index in [0.717, 1.165) is 55.3 Å². The second-order valence-corrected chi connectivity index (χ2v) is 6.61. The highest BCUT2D eigenvalue weighted by molar-refractivity contribution is 9.10. The highest BCUT2D eigenvalue weighted by Crippen LogP contribution is 2.33. The van der Waals surface area contributed by atoms with Crippen molar-refractivity contribution in [2.24, 2.45) is 5.92 Å². The molecule has 2 heterocycles. The summed E-state index contributed by atoms with van der Waals surface area (Å²) >= 11 is 3.52. The fraction of sp³-hybridized carbons (Fsp3) is 0.625. The van der Waals surface area contributed by atoms with Gasteiger partial charge < -0.3 is 14.8 Å². The first kappa shape index (κ1) is 14.4. The van der Waals surface area contributed by atoms with Crippen LogP contribution < -0.4 is 10.1 Å². The van der Waals surface area contributed by atoms with Gasteiger partial charge in [0.2, 0.25) is 0 Å². The molecule has 0 bridgehead atoms. The van der Waals surface area contributed by atoms with Gasteiger partial charge in [0.25, 0.3) is 0 Å². The Morgan fingerprint density at radius 3 is 3.05 bits per heavy atom. The molecule has 110 valence electrons. The van der Waals surface area contributed by atoms with E-state index in [4.69, 9.17) is 9.47 Å². The van der Waals surface area contributed by atoms with Gasteiger partial charge >= 0.3 is 0 Å². The summed E-state index contributed by atoms with van der Waals surface area (Å²) in [5.74, 6) is 1.77. The third-order valence-electron chi connectivity index (χ3n) is 4.21. The zero-order valence-electron chi connectivity index (χ0n) is 11.7. The molecule has 3 nitrogen and oxygen atoms in total. The van der Waals surface area contributed by atoms with Crippen molar-refractivity contribution in [3.05, 3.63) is 28.2 Å². The molecule has 2 aliphatic rings. The smallest absolute Gasteiger partial charge is 0.125 e. The molecule has 0 saturated carbocycles. The number of hydrogen-bond donors (Lipinski definition) is 1. The van der Waals surface area contributed by atoms with Crippen LogP contribution in [0.2, 0.25) is 0 Å². The Morgan fingerprint density at radius 2 is 2.20 bits per heavy atom. The summed E-state index contributed by atoms with van der Waals surface area (Å²) in [6.45, 7) is 3.77. The molecule has 1 aromatic rings. The zero-order valence-corrected chi connectivity index (χ0v) is 13.3. The Balaban J connectivity index is 1.60. The molecule has 1 N–H and O–H groups in total. The summed E-state index contributed by atoms with van der Waals surface area (Å²) < 4.78 is 12.4. The molecule has 0 spiro atoms. The number of halogens is 1. The highest BCUT2D eigenvalue weighted by atomic mass is 79.9. The maximum atomic E-state index is 5.85. The largest absolute Gasteiger partial charge is 0.493 e. The number of ether oxygens (including phenoxy) is 2. The van der Waals surface area contributed by atoms with Crippen LogP contribution in [-0.2, 0) is 4.74 Å². The molecular weight excluding hydrogens is 318 g/mol. The summed E-state index contributed by atoms with van der Waals surface area (Å²) in [5.41, 5.74) is 1.30. The van der Waals surface area contributed by atoms with Crippen LogP contribution in [0.5, 0.6) is 5.75 Å². The lowest BCUT2D eigenvalue weighted by atomic mass is 10.0. The minimum atomic E-state index is 0.419. The quantitative estimate of drug-likeness (QED) is 0.907. The zero-order chi connectivity index (χ0) is 13.8. The highest BCUT2D eigenvalue weighted by Gasteiger charge is 2.21. The average Bonchev–Trinajstić information content (AvgIpc) is 2.87. The van der Waals surface area contributed by atoms with Crippen molar-refractivity contribution in [1.29, 1.82) is 0 Å². The third-order valence-corrected chi connectivity index (χ3v) is 4.71. The van der Waals surface area contributed by atoms with E-state index in [1.54, 1.807) is 0 Å². The van der Waals surface area contributed by atoms with Gasteiger partial charge in [-0.1, -0.05) is 22.0 Å². The number of benzene rings is 1. The van der Waals surface area contributed by atoms with E-state index >= 15 is 0 Å². The van der Waals surface area contributed by atoms with Gasteiger partial charge in [0.15, 0.2) is 0 Å². The van der Waals surface area contributed by atoms with Crippen molar-refractivity contribution in [3.63, 3.8) is 0 Å². The number of rotatable bonds is 4. The van der Waals surface area contributed by atoms with E-state index in [2.05, 4.69) is 39.4 Å². The number of hydrogen-bond acceptors (Lipinski definition) is 3. The number of fused-ring (bicyclic) bond motifs is 1. The molecule has 0 aromatic heterocycles. The summed E-state index contributed by atoms with van der Waals surface area (Å²) in [5, 5.41) is 3.71. The van der Waals surface area contributed by atoms with Gasteiger partial charge in [-0.15, -0.1) is 0 Å². The Morgan fingerprint density at radius 1 is 1.25 bits per heavy atom. The molecule has 4 heteroatoms. The molecule has 3 rings (SSSR count). The molecule has 1 aromatic carbocycles. The van der Waals surface area contributed by atoms with Crippen LogP contribution in [0.3, 0.4) is 0 Å². The third kappa shape index (κ3) is 3.54. The summed E-state index contributed by atoms with van der Waals surface area (Å²) in [4.78, 5) is 0. The van der Waals surface area contributed by atoms with Gasteiger partial charge in [-0.3, -0.25) is 0 Å². The van der Waals surface area contributed by atoms with Gasteiger partial charge in [-0.05, 0) is 50.3 Å². The second kappa shape index (κ2) is 6.92. The van der Waals surface area contributed by atoms with Crippen molar-refractivity contribution in [1.82, 2.24) is 5.32 Å². The van der Waals surface area contributed by atoms with E-state index in [-0.39, 0.29) is 0 Å². The standard InChI is InChI=1S/C16H22BrNO2/c17-13-3-4-14-15(2-1-8-20-16(14)10-13)18-7-5-12-6-9-19-11-12/h3-4,10,12,15,18H,1-2,5-9,11H2. The van der Waals surface area contributed by atoms with Crippen LogP contribution in [0.4, 0.5) is 0 Å². The van der Waals surface area contributed by atoms with Gasteiger partial charge in [-0.25, -0.2) is 0 Å². The van der Waals surface area contributed by atoms with Crippen molar-refractivity contribution in [2.45, 2.75) is 31.7 Å². The van der Waals surface area contributed by atoms with E-state index in [0.29, 0.717) is 6.04 Å². The predicted octanol–water partition coefficient (Wildman–Crippen LogP) is 3.68. The van der Waals surface area contributed by atoms with Crippen molar-refractivity contribution < 1.29 is 9.47 Å². The van der Waals surface area contributed by atoms with Crippen LogP contribution in [0.15, 0.2) is 22.7 Å². The van der Waals surface area contributed by atoms with Crippen LogP contribution in [-0.4, -0.2) is 26.4 Å². The van der Waals surface area contributed by atoms with E-state index < -0.39 is 0 Å². The molecule has 0 radical (unpaired) electrons. The lowest BCUT2D eigenvalue weighted by Gasteiger charge is -2.19. The van der Waals surface area contributed by atoms with Crippen molar-refractivity contribution >= 4 is 15.9 Å². The molecule has 0 amide bonds. The maximum Gasteiger partial charge on any atom is 0.125 e. The van der Waals surface area contributed by atoms with Gasteiger partial charge in [-0.2, -0.15) is 0 Å². The first-order valence-electron chi connectivity index (χ1n) is 7.56. The summed E-state index contributed by atoms with van der Waals surface area (Å²) in [6, 6.07) is 6.79. The van der Waals surface area contributed by atoms with E-state index in [1.165, 1.54) is 18.4 Å². The predicted molar refractivity (Wildman–Crippen MR) is 83.2 cm³/mol. The fourth-order valence-electron chi connectivity index (χ4n) is 3.03. The number of nitrogens with one attached hydrogen (secondary N) is 1. The topological polar surface area (TPSA) is 30.5 Å². The summed E-state index contributed by atoms with van der Waals surface area (Å²) in [7, 11) is 0. The Labute approximate surface area is 129 Å².